The third-order valence-electron chi connectivity index (χ3n) is 5.85. The van der Waals surface area contributed by atoms with Gasteiger partial charge in [0.2, 0.25) is 5.91 Å². The zero-order valence-electron chi connectivity index (χ0n) is 13.6. The number of piperidine rings is 2. The Kier molecular flexibility index (Phi) is 5.56. The van der Waals surface area contributed by atoms with Gasteiger partial charge in [0.1, 0.15) is 0 Å². The minimum absolute atomic E-state index is 0.325. The van der Waals surface area contributed by atoms with Crippen molar-refractivity contribution in [2.75, 3.05) is 32.7 Å². The average molecular weight is 292 g/mol. The van der Waals surface area contributed by atoms with Gasteiger partial charge in [-0.1, -0.05) is 19.3 Å². The third kappa shape index (κ3) is 4.21. The van der Waals surface area contributed by atoms with Gasteiger partial charge in [0, 0.05) is 25.6 Å². The summed E-state index contributed by atoms with van der Waals surface area (Å²) >= 11 is 0. The van der Waals surface area contributed by atoms with Gasteiger partial charge in [-0.25, -0.2) is 0 Å². The molecular formula is C18H32N2O. The average Bonchev–Trinajstić information content (AvgIpc) is 2.57. The van der Waals surface area contributed by atoms with E-state index >= 15 is 0 Å². The number of nitrogens with zero attached hydrogens (tertiary/aromatic N) is 2. The Morgan fingerprint density at radius 1 is 0.762 bits per heavy atom. The SMILES string of the molecule is O=C(C1CCN(CC2CCCCC2)CC1)N1CCCCC1. The highest BCUT2D eigenvalue weighted by Crippen LogP contribution is 2.27. The van der Waals surface area contributed by atoms with Gasteiger partial charge in [-0.15, -0.1) is 0 Å². The molecule has 0 N–H and O–H groups in total. The van der Waals surface area contributed by atoms with Crippen molar-refractivity contribution in [1.29, 1.82) is 0 Å². The van der Waals surface area contributed by atoms with Gasteiger partial charge in [-0.2, -0.15) is 0 Å². The van der Waals surface area contributed by atoms with E-state index in [0.717, 1.165) is 44.9 Å². The van der Waals surface area contributed by atoms with Crippen LogP contribution in [0, 0.1) is 11.8 Å². The van der Waals surface area contributed by atoms with E-state index in [0.29, 0.717) is 11.8 Å². The van der Waals surface area contributed by atoms with E-state index in [1.165, 1.54) is 57.9 Å². The lowest BCUT2D eigenvalue weighted by atomic mass is 9.87. The molecule has 3 nitrogen and oxygen atoms in total. The molecule has 120 valence electrons. The van der Waals surface area contributed by atoms with Crippen molar-refractivity contribution in [3.05, 3.63) is 0 Å². The van der Waals surface area contributed by atoms with Crippen molar-refractivity contribution < 1.29 is 4.79 Å². The molecular weight excluding hydrogens is 260 g/mol. The summed E-state index contributed by atoms with van der Waals surface area (Å²) < 4.78 is 0. The molecule has 0 aromatic rings. The quantitative estimate of drug-likeness (QED) is 0.797. The first-order chi connectivity index (χ1) is 10.3. The molecule has 3 fully saturated rings. The lowest BCUT2D eigenvalue weighted by molar-refractivity contribution is -0.138. The van der Waals surface area contributed by atoms with Crippen molar-refractivity contribution in [1.82, 2.24) is 9.80 Å². The standard InChI is InChI=1S/C18H32N2O/c21-18(20-11-5-2-6-12-20)17-9-13-19(14-10-17)15-16-7-3-1-4-8-16/h16-17H,1-15H2. The van der Waals surface area contributed by atoms with Gasteiger partial charge in [-0.3, -0.25) is 4.79 Å². The van der Waals surface area contributed by atoms with Crippen LogP contribution >= 0.6 is 0 Å². The second-order valence-corrected chi connectivity index (χ2v) is 7.46. The van der Waals surface area contributed by atoms with Crippen LogP contribution in [0.1, 0.15) is 64.2 Å². The van der Waals surface area contributed by atoms with E-state index in [1.807, 2.05) is 0 Å². The molecule has 1 amide bonds. The van der Waals surface area contributed by atoms with Crippen LogP contribution in [0.5, 0.6) is 0 Å². The molecule has 0 atom stereocenters. The monoisotopic (exact) mass is 292 g/mol. The summed E-state index contributed by atoms with van der Waals surface area (Å²) in [5, 5.41) is 0. The Hall–Kier alpha value is -0.570. The van der Waals surface area contributed by atoms with E-state index in [4.69, 9.17) is 0 Å². The number of carbonyl (C=O) groups excluding carboxylic acids is 1. The highest BCUT2D eigenvalue weighted by Gasteiger charge is 2.29. The van der Waals surface area contributed by atoms with Crippen LogP contribution in [0.3, 0.4) is 0 Å². The number of hydrogen-bond acceptors (Lipinski definition) is 2. The molecule has 0 spiro atoms. The first kappa shape index (κ1) is 15.3. The molecule has 0 aromatic heterocycles. The van der Waals surface area contributed by atoms with Crippen LogP contribution in [0.2, 0.25) is 0 Å². The van der Waals surface area contributed by atoms with E-state index in [-0.39, 0.29) is 0 Å². The van der Waals surface area contributed by atoms with E-state index < -0.39 is 0 Å². The van der Waals surface area contributed by atoms with E-state index in [1.54, 1.807) is 0 Å². The lowest BCUT2D eigenvalue weighted by Crippen LogP contribution is -2.45. The maximum Gasteiger partial charge on any atom is 0.225 e. The Bertz CT molecular complexity index is 324. The number of likely N-dealkylation sites (tertiary alicyclic amines) is 2. The molecule has 0 aromatic carbocycles. The van der Waals surface area contributed by atoms with Crippen molar-refractivity contribution in [2.45, 2.75) is 64.2 Å². The maximum absolute atomic E-state index is 12.6. The van der Waals surface area contributed by atoms with Crippen LogP contribution in [0.15, 0.2) is 0 Å². The van der Waals surface area contributed by atoms with Crippen molar-refractivity contribution in [3.63, 3.8) is 0 Å². The molecule has 3 heteroatoms. The number of carbonyl (C=O) groups is 1. The molecule has 2 aliphatic heterocycles. The smallest absolute Gasteiger partial charge is 0.225 e. The van der Waals surface area contributed by atoms with Crippen molar-refractivity contribution in [2.24, 2.45) is 11.8 Å². The first-order valence-electron chi connectivity index (χ1n) is 9.34. The largest absolute Gasteiger partial charge is 0.342 e. The Morgan fingerprint density at radius 3 is 2.05 bits per heavy atom. The molecule has 2 saturated heterocycles. The predicted molar refractivity (Wildman–Crippen MR) is 86.2 cm³/mol. The number of rotatable bonds is 3. The van der Waals surface area contributed by atoms with Gasteiger partial charge >= 0.3 is 0 Å². The molecule has 3 rings (SSSR count). The van der Waals surface area contributed by atoms with Gasteiger partial charge in [-0.05, 0) is 64.0 Å². The fraction of sp³-hybridized carbons (Fsp3) is 0.944. The fourth-order valence-corrected chi connectivity index (χ4v) is 4.47. The van der Waals surface area contributed by atoms with Gasteiger partial charge in [0.15, 0.2) is 0 Å². The van der Waals surface area contributed by atoms with Crippen LogP contribution < -0.4 is 0 Å². The minimum Gasteiger partial charge on any atom is -0.342 e. The lowest BCUT2D eigenvalue weighted by Gasteiger charge is -2.37. The van der Waals surface area contributed by atoms with Crippen LogP contribution in [-0.2, 0) is 4.79 Å². The van der Waals surface area contributed by atoms with Crippen LogP contribution in [0.25, 0.3) is 0 Å². The minimum atomic E-state index is 0.325. The van der Waals surface area contributed by atoms with Gasteiger partial charge in [0.05, 0.1) is 0 Å². The molecule has 21 heavy (non-hydrogen) atoms. The number of hydrogen-bond donors (Lipinski definition) is 0. The summed E-state index contributed by atoms with van der Waals surface area (Å²) in [4.78, 5) is 17.3. The topological polar surface area (TPSA) is 23.6 Å². The van der Waals surface area contributed by atoms with Gasteiger partial charge in [0.25, 0.3) is 0 Å². The third-order valence-corrected chi connectivity index (χ3v) is 5.85. The summed E-state index contributed by atoms with van der Waals surface area (Å²) in [5.74, 6) is 1.73. The Labute approximate surface area is 130 Å². The second kappa shape index (κ2) is 7.62. The summed E-state index contributed by atoms with van der Waals surface area (Å²) in [7, 11) is 0. The number of amides is 1. The normalized spacial score (nSPS) is 27.0. The highest BCUT2D eigenvalue weighted by molar-refractivity contribution is 5.79. The molecule has 0 radical (unpaired) electrons. The predicted octanol–water partition coefficient (Wildman–Crippen LogP) is 3.29. The second-order valence-electron chi connectivity index (χ2n) is 7.46. The van der Waals surface area contributed by atoms with Crippen molar-refractivity contribution >= 4 is 5.91 Å². The highest BCUT2D eigenvalue weighted by atomic mass is 16.2. The summed E-state index contributed by atoms with van der Waals surface area (Å²) in [6.45, 7) is 5.63. The molecule has 0 bridgehead atoms. The summed E-state index contributed by atoms with van der Waals surface area (Å²) in [6, 6.07) is 0. The Balaban J connectivity index is 1.40. The Morgan fingerprint density at radius 2 is 1.38 bits per heavy atom. The molecule has 1 saturated carbocycles. The van der Waals surface area contributed by atoms with Crippen LogP contribution in [0.4, 0.5) is 0 Å². The molecule has 3 aliphatic rings. The molecule has 1 aliphatic carbocycles. The van der Waals surface area contributed by atoms with Crippen LogP contribution in [-0.4, -0.2) is 48.4 Å². The molecule has 0 unspecified atom stereocenters. The first-order valence-corrected chi connectivity index (χ1v) is 9.34. The molecule has 2 heterocycles. The summed E-state index contributed by atoms with van der Waals surface area (Å²) in [6.07, 6.45) is 13.1. The zero-order valence-corrected chi connectivity index (χ0v) is 13.6. The van der Waals surface area contributed by atoms with Gasteiger partial charge < -0.3 is 9.80 Å². The summed E-state index contributed by atoms with van der Waals surface area (Å²) in [5.41, 5.74) is 0. The fourth-order valence-electron chi connectivity index (χ4n) is 4.47. The van der Waals surface area contributed by atoms with Crippen molar-refractivity contribution in [3.8, 4) is 0 Å². The maximum atomic E-state index is 12.6. The zero-order chi connectivity index (χ0) is 14.5. The van der Waals surface area contributed by atoms with E-state index in [2.05, 4.69) is 9.80 Å². The van der Waals surface area contributed by atoms with E-state index in [9.17, 15) is 4.79 Å².